The summed E-state index contributed by atoms with van der Waals surface area (Å²) in [6, 6.07) is 6.55. The van der Waals surface area contributed by atoms with E-state index in [0.717, 1.165) is 18.2 Å². The van der Waals surface area contributed by atoms with Gasteiger partial charge in [0.25, 0.3) is 0 Å². The Labute approximate surface area is 153 Å². The number of rotatable bonds is 2. The Morgan fingerprint density at radius 3 is 2.78 bits per heavy atom. The fourth-order valence-corrected chi connectivity index (χ4v) is 2.54. The summed E-state index contributed by atoms with van der Waals surface area (Å²) in [6.07, 6.45) is -0.0337. The van der Waals surface area contributed by atoms with Gasteiger partial charge in [-0.25, -0.2) is 4.98 Å². The molecule has 3 aromatic rings. The first kappa shape index (κ1) is 18.3. The lowest BCUT2D eigenvalue weighted by Crippen LogP contribution is -2.07. The van der Waals surface area contributed by atoms with Crippen LogP contribution in [-0.4, -0.2) is 15.5 Å². The first-order chi connectivity index (χ1) is 12.8. The molecule has 2 heterocycles. The Morgan fingerprint density at radius 1 is 1.30 bits per heavy atom. The summed E-state index contributed by atoms with van der Waals surface area (Å²) >= 11 is 0. The Bertz CT molecular complexity index is 1100. The molecule has 0 spiro atoms. The van der Waals surface area contributed by atoms with E-state index in [2.05, 4.69) is 28.7 Å². The summed E-state index contributed by atoms with van der Waals surface area (Å²) in [6.45, 7) is 3.39. The molecule has 0 bridgehead atoms. The van der Waals surface area contributed by atoms with Gasteiger partial charge in [0.2, 0.25) is 5.91 Å². The quantitative estimate of drug-likeness (QED) is 0.546. The minimum atomic E-state index is -4.42. The van der Waals surface area contributed by atoms with Crippen LogP contribution in [0.25, 0.3) is 11.0 Å². The van der Waals surface area contributed by atoms with Crippen molar-refractivity contribution < 1.29 is 18.0 Å². The van der Waals surface area contributed by atoms with Gasteiger partial charge in [-0.3, -0.25) is 4.79 Å². The second-order valence-corrected chi connectivity index (χ2v) is 5.77. The van der Waals surface area contributed by atoms with Gasteiger partial charge in [0.05, 0.1) is 23.0 Å². The highest BCUT2D eigenvalue weighted by molar-refractivity contribution is 6.00. The highest BCUT2D eigenvalue weighted by Gasteiger charge is 2.30. The average Bonchev–Trinajstić information content (AvgIpc) is 2.95. The van der Waals surface area contributed by atoms with Crippen molar-refractivity contribution in [2.24, 2.45) is 7.05 Å². The van der Waals surface area contributed by atoms with Crippen LogP contribution < -0.4 is 5.32 Å². The van der Waals surface area contributed by atoms with Gasteiger partial charge in [0.15, 0.2) is 0 Å². The van der Waals surface area contributed by atoms with Crippen molar-refractivity contribution in [3.8, 4) is 11.8 Å². The predicted molar refractivity (Wildman–Crippen MR) is 97.0 cm³/mol. The van der Waals surface area contributed by atoms with E-state index in [1.165, 1.54) is 18.3 Å². The average molecular weight is 369 g/mol. The Kier molecular flexibility index (Phi) is 4.74. The van der Waals surface area contributed by atoms with Crippen molar-refractivity contribution in [2.75, 3.05) is 5.32 Å². The highest BCUT2D eigenvalue weighted by Crippen LogP contribution is 2.29. The van der Waals surface area contributed by atoms with E-state index in [-0.39, 0.29) is 11.5 Å². The number of benzene rings is 1. The van der Waals surface area contributed by atoms with Gasteiger partial charge in [0, 0.05) is 24.2 Å². The van der Waals surface area contributed by atoms with Gasteiger partial charge in [-0.2, -0.15) is 13.2 Å². The number of anilines is 1. The van der Waals surface area contributed by atoms with Crippen LogP contribution in [0.15, 0.2) is 55.4 Å². The third kappa shape index (κ3) is 4.01. The van der Waals surface area contributed by atoms with Gasteiger partial charge < -0.3 is 9.88 Å². The SMILES string of the molecule is C=CC(=O)Nc1cnc2c(c1)c(C#Cc1cccc(C(F)(F)F)c1)cn2C. The van der Waals surface area contributed by atoms with Gasteiger partial charge in [-0.05, 0) is 30.3 Å². The summed E-state index contributed by atoms with van der Waals surface area (Å²) in [5, 5.41) is 3.30. The zero-order valence-corrected chi connectivity index (χ0v) is 14.3. The minimum Gasteiger partial charge on any atom is -0.334 e. The molecule has 7 heteroatoms. The van der Waals surface area contributed by atoms with Gasteiger partial charge in [-0.15, -0.1) is 0 Å². The number of pyridine rings is 1. The fourth-order valence-electron chi connectivity index (χ4n) is 2.54. The molecule has 1 aromatic carbocycles. The molecular formula is C20H14F3N3O. The van der Waals surface area contributed by atoms with Crippen molar-refractivity contribution in [3.63, 3.8) is 0 Å². The molecule has 0 aliphatic rings. The second kappa shape index (κ2) is 7.00. The van der Waals surface area contributed by atoms with E-state index in [1.54, 1.807) is 23.9 Å². The van der Waals surface area contributed by atoms with Crippen molar-refractivity contribution in [1.29, 1.82) is 0 Å². The maximum absolute atomic E-state index is 12.8. The molecule has 0 atom stereocenters. The standard InChI is InChI=1S/C20H14F3N3O/c1-3-18(27)25-16-10-17-14(12-26(2)19(17)24-11-16)8-7-13-5-4-6-15(9-13)20(21,22)23/h3-6,9-12H,1H2,2H3,(H,25,27). The van der Waals surface area contributed by atoms with E-state index in [1.807, 2.05) is 0 Å². The number of alkyl halides is 3. The molecule has 4 nitrogen and oxygen atoms in total. The third-order valence-corrected chi connectivity index (χ3v) is 3.80. The molecule has 27 heavy (non-hydrogen) atoms. The molecule has 136 valence electrons. The predicted octanol–water partition coefficient (Wildman–Crippen LogP) is 4.12. The van der Waals surface area contributed by atoms with Crippen LogP contribution in [0.1, 0.15) is 16.7 Å². The third-order valence-electron chi connectivity index (χ3n) is 3.80. The molecule has 0 aliphatic heterocycles. The van der Waals surface area contributed by atoms with Crippen LogP contribution in [0.5, 0.6) is 0 Å². The van der Waals surface area contributed by atoms with Crippen molar-refractivity contribution in [3.05, 3.63) is 72.1 Å². The smallest absolute Gasteiger partial charge is 0.334 e. The molecule has 3 rings (SSSR count). The van der Waals surface area contributed by atoms with Crippen LogP contribution in [0.3, 0.4) is 0 Å². The molecule has 1 N–H and O–H groups in total. The first-order valence-electron chi connectivity index (χ1n) is 7.85. The molecule has 0 saturated carbocycles. The van der Waals surface area contributed by atoms with Gasteiger partial charge in [-0.1, -0.05) is 24.5 Å². The second-order valence-electron chi connectivity index (χ2n) is 5.77. The summed E-state index contributed by atoms with van der Waals surface area (Å²) in [5.41, 5.74) is 1.21. The van der Waals surface area contributed by atoms with Crippen LogP contribution >= 0.6 is 0 Å². The number of hydrogen-bond donors (Lipinski definition) is 1. The molecule has 0 fully saturated rings. The lowest BCUT2D eigenvalue weighted by Gasteiger charge is -2.05. The summed E-state index contributed by atoms with van der Waals surface area (Å²) in [4.78, 5) is 15.7. The van der Waals surface area contributed by atoms with E-state index in [9.17, 15) is 18.0 Å². The number of nitrogens with zero attached hydrogens (tertiary/aromatic N) is 2. The van der Waals surface area contributed by atoms with Crippen LogP contribution in [-0.2, 0) is 18.0 Å². The monoisotopic (exact) mass is 369 g/mol. The normalized spacial score (nSPS) is 11.0. The number of aromatic nitrogens is 2. The van der Waals surface area contributed by atoms with Gasteiger partial charge in [0.1, 0.15) is 5.65 Å². The molecule has 0 unspecified atom stereocenters. The number of fused-ring (bicyclic) bond motifs is 1. The molecule has 1 amide bonds. The summed E-state index contributed by atoms with van der Waals surface area (Å²) in [7, 11) is 1.78. The van der Waals surface area contributed by atoms with E-state index >= 15 is 0 Å². The van der Waals surface area contributed by atoms with Crippen molar-refractivity contribution >= 4 is 22.6 Å². The number of amides is 1. The van der Waals surface area contributed by atoms with Gasteiger partial charge >= 0.3 is 6.18 Å². The number of nitrogens with one attached hydrogen (secondary N) is 1. The van der Waals surface area contributed by atoms with Crippen LogP contribution in [0.4, 0.5) is 18.9 Å². The Morgan fingerprint density at radius 2 is 2.07 bits per heavy atom. The maximum Gasteiger partial charge on any atom is 0.416 e. The topological polar surface area (TPSA) is 46.9 Å². The molecule has 0 aliphatic carbocycles. The van der Waals surface area contributed by atoms with Crippen LogP contribution in [0.2, 0.25) is 0 Å². The van der Waals surface area contributed by atoms with Crippen molar-refractivity contribution in [2.45, 2.75) is 6.18 Å². The Hall–Kier alpha value is -3.53. The molecule has 0 saturated heterocycles. The number of hydrogen-bond acceptors (Lipinski definition) is 2. The molecule has 0 radical (unpaired) electrons. The Balaban J connectivity index is 2.01. The zero-order chi connectivity index (χ0) is 19.6. The van der Waals surface area contributed by atoms with Crippen molar-refractivity contribution in [1.82, 2.24) is 9.55 Å². The van der Waals surface area contributed by atoms with E-state index in [4.69, 9.17) is 0 Å². The molecule has 2 aromatic heterocycles. The largest absolute Gasteiger partial charge is 0.416 e. The molecular weight excluding hydrogens is 355 g/mol. The fraction of sp³-hybridized carbons (Fsp3) is 0.100. The maximum atomic E-state index is 12.8. The summed E-state index contributed by atoms with van der Waals surface area (Å²) in [5.74, 6) is 5.27. The number of carbonyl (C=O) groups is 1. The number of aryl methyl sites for hydroxylation is 1. The van der Waals surface area contributed by atoms with E-state index < -0.39 is 11.7 Å². The first-order valence-corrected chi connectivity index (χ1v) is 7.85. The minimum absolute atomic E-state index is 0.255. The lowest BCUT2D eigenvalue weighted by atomic mass is 10.1. The zero-order valence-electron chi connectivity index (χ0n) is 14.3. The number of halogens is 3. The van der Waals surface area contributed by atoms with Crippen LogP contribution in [0, 0.1) is 11.8 Å². The summed E-state index contributed by atoms with van der Waals surface area (Å²) < 4.78 is 40.2. The lowest BCUT2D eigenvalue weighted by molar-refractivity contribution is -0.137. The highest BCUT2D eigenvalue weighted by atomic mass is 19.4. The number of carbonyl (C=O) groups excluding carboxylic acids is 1. The van der Waals surface area contributed by atoms with E-state index in [0.29, 0.717) is 22.3 Å².